The third-order valence-electron chi connectivity index (χ3n) is 3.94. The molecule has 0 spiro atoms. The minimum atomic E-state index is -0.0163. The smallest absolute Gasteiger partial charge is 0.267 e. The Labute approximate surface area is 112 Å². The van der Waals surface area contributed by atoms with Crippen LogP contribution in [0.5, 0.6) is 0 Å². The molecule has 1 aromatic carbocycles. The lowest BCUT2D eigenvalue weighted by Crippen LogP contribution is -2.32. The summed E-state index contributed by atoms with van der Waals surface area (Å²) in [5, 5.41) is 4.04. The van der Waals surface area contributed by atoms with Gasteiger partial charge in [0.1, 0.15) is 5.69 Å². The topological polar surface area (TPSA) is 70.9 Å². The third kappa shape index (κ3) is 2.49. The second-order valence-electron chi connectivity index (χ2n) is 5.32. The molecule has 3 rings (SSSR count). The van der Waals surface area contributed by atoms with Crippen LogP contribution in [0.1, 0.15) is 35.3 Å². The molecule has 2 aromatic rings. The molecule has 0 aliphatic heterocycles. The lowest BCUT2D eigenvalue weighted by atomic mass is 9.85. The molecule has 1 aliphatic rings. The molecule has 4 N–H and O–H groups in total. The first-order chi connectivity index (χ1) is 9.26. The molecule has 0 atom stereocenters. The van der Waals surface area contributed by atoms with E-state index in [0.29, 0.717) is 18.2 Å². The second kappa shape index (κ2) is 5.05. The van der Waals surface area contributed by atoms with Gasteiger partial charge in [-0.05, 0) is 36.5 Å². The van der Waals surface area contributed by atoms with Crippen LogP contribution in [0.2, 0.25) is 0 Å². The summed E-state index contributed by atoms with van der Waals surface area (Å²) in [4.78, 5) is 15.2. The highest BCUT2D eigenvalue weighted by Gasteiger charge is 2.18. The summed E-state index contributed by atoms with van der Waals surface area (Å²) in [7, 11) is 0. The minimum absolute atomic E-state index is 0.0163. The summed E-state index contributed by atoms with van der Waals surface area (Å²) in [6.45, 7) is 1.31. The van der Waals surface area contributed by atoms with E-state index in [0.717, 1.165) is 23.0 Å². The highest BCUT2D eigenvalue weighted by atomic mass is 16.1. The molecule has 4 nitrogen and oxygen atoms in total. The Morgan fingerprint density at radius 2 is 2.21 bits per heavy atom. The summed E-state index contributed by atoms with van der Waals surface area (Å²) in [6.07, 6.45) is 3.79. The van der Waals surface area contributed by atoms with Crippen LogP contribution in [0, 0.1) is 5.92 Å². The molecule has 4 heteroatoms. The van der Waals surface area contributed by atoms with Gasteiger partial charge in [0.15, 0.2) is 0 Å². The lowest BCUT2D eigenvalue weighted by molar-refractivity contribution is 0.0935. The average Bonchev–Trinajstić information content (AvgIpc) is 2.79. The van der Waals surface area contributed by atoms with E-state index in [4.69, 9.17) is 5.73 Å². The van der Waals surface area contributed by atoms with Gasteiger partial charge in [-0.25, -0.2) is 0 Å². The maximum Gasteiger partial charge on any atom is 0.267 e. The largest absolute Gasteiger partial charge is 0.351 e. The van der Waals surface area contributed by atoms with Crippen molar-refractivity contribution in [3.05, 3.63) is 35.5 Å². The minimum Gasteiger partial charge on any atom is -0.351 e. The Morgan fingerprint density at radius 1 is 1.37 bits per heavy atom. The van der Waals surface area contributed by atoms with Crippen molar-refractivity contribution in [1.82, 2.24) is 10.3 Å². The van der Waals surface area contributed by atoms with Crippen LogP contribution in [-0.2, 0) is 6.54 Å². The summed E-state index contributed by atoms with van der Waals surface area (Å²) in [5.74, 6) is 0.662. The predicted octanol–water partition coefficient (Wildman–Crippen LogP) is 2.16. The quantitative estimate of drug-likeness (QED) is 0.785. The van der Waals surface area contributed by atoms with E-state index in [1.807, 2.05) is 24.3 Å². The number of fused-ring (bicyclic) bond motifs is 1. The van der Waals surface area contributed by atoms with Crippen LogP contribution in [0.15, 0.2) is 24.3 Å². The maximum absolute atomic E-state index is 12.0. The molecular weight excluding hydrogens is 238 g/mol. The van der Waals surface area contributed by atoms with Crippen molar-refractivity contribution in [2.45, 2.75) is 25.8 Å². The van der Waals surface area contributed by atoms with Crippen LogP contribution in [0.3, 0.4) is 0 Å². The number of amides is 1. The molecule has 1 fully saturated rings. The van der Waals surface area contributed by atoms with E-state index < -0.39 is 0 Å². The van der Waals surface area contributed by atoms with Gasteiger partial charge in [0, 0.05) is 24.0 Å². The fourth-order valence-electron chi connectivity index (χ4n) is 2.45. The number of aromatic amines is 1. The van der Waals surface area contributed by atoms with Gasteiger partial charge in [0.2, 0.25) is 0 Å². The second-order valence-corrected chi connectivity index (χ2v) is 5.32. The first-order valence-electron chi connectivity index (χ1n) is 6.86. The van der Waals surface area contributed by atoms with Gasteiger partial charge in [-0.2, -0.15) is 0 Å². The van der Waals surface area contributed by atoms with Crippen molar-refractivity contribution in [1.29, 1.82) is 0 Å². The number of hydrogen-bond acceptors (Lipinski definition) is 2. The number of carbonyl (C=O) groups excluding carboxylic acids is 1. The standard InChI is InChI=1S/C15H19N3O/c16-8-11-4-5-12-7-14(18-13(12)6-11)15(19)17-9-10-2-1-3-10/h4-7,10,18H,1-3,8-9,16H2,(H,17,19). The SMILES string of the molecule is NCc1ccc2cc(C(=O)NCC3CCC3)[nH]c2c1. The number of H-pyrrole nitrogens is 1. The Hall–Kier alpha value is -1.81. The molecule has 1 amide bonds. The molecular formula is C15H19N3O. The fraction of sp³-hybridized carbons (Fsp3) is 0.400. The Kier molecular flexibility index (Phi) is 3.25. The van der Waals surface area contributed by atoms with Crippen LogP contribution in [0.25, 0.3) is 10.9 Å². The number of carbonyl (C=O) groups is 1. The van der Waals surface area contributed by atoms with Crippen LogP contribution >= 0.6 is 0 Å². The van der Waals surface area contributed by atoms with E-state index in [9.17, 15) is 4.79 Å². The zero-order valence-corrected chi connectivity index (χ0v) is 10.9. The Bertz CT molecular complexity index is 598. The molecule has 19 heavy (non-hydrogen) atoms. The van der Waals surface area contributed by atoms with Crippen molar-refractivity contribution in [2.24, 2.45) is 11.7 Å². The highest BCUT2D eigenvalue weighted by Crippen LogP contribution is 2.25. The van der Waals surface area contributed by atoms with E-state index >= 15 is 0 Å². The number of hydrogen-bond donors (Lipinski definition) is 3. The van der Waals surface area contributed by atoms with E-state index in [1.165, 1.54) is 19.3 Å². The third-order valence-corrected chi connectivity index (χ3v) is 3.94. The molecule has 100 valence electrons. The number of benzene rings is 1. The van der Waals surface area contributed by atoms with Gasteiger partial charge >= 0.3 is 0 Å². The number of nitrogens with two attached hydrogens (primary N) is 1. The van der Waals surface area contributed by atoms with Crippen molar-refractivity contribution in [3.63, 3.8) is 0 Å². The van der Waals surface area contributed by atoms with Gasteiger partial charge in [0.05, 0.1) is 0 Å². The monoisotopic (exact) mass is 257 g/mol. The first kappa shape index (κ1) is 12.2. The zero-order valence-electron chi connectivity index (χ0n) is 10.9. The molecule has 1 heterocycles. The lowest BCUT2D eigenvalue weighted by Gasteiger charge is -2.25. The first-order valence-corrected chi connectivity index (χ1v) is 6.86. The predicted molar refractivity (Wildman–Crippen MR) is 75.9 cm³/mol. The molecule has 0 saturated heterocycles. The molecule has 1 aromatic heterocycles. The van der Waals surface area contributed by atoms with Gasteiger partial charge in [0.25, 0.3) is 5.91 Å². The summed E-state index contributed by atoms with van der Waals surface area (Å²) >= 11 is 0. The molecule has 0 bridgehead atoms. The number of nitrogens with one attached hydrogen (secondary N) is 2. The average molecular weight is 257 g/mol. The Balaban J connectivity index is 1.74. The van der Waals surface area contributed by atoms with Crippen molar-refractivity contribution >= 4 is 16.8 Å². The maximum atomic E-state index is 12.0. The zero-order chi connectivity index (χ0) is 13.2. The van der Waals surface area contributed by atoms with Crippen molar-refractivity contribution < 1.29 is 4.79 Å². The normalized spacial score (nSPS) is 15.4. The fourth-order valence-corrected chi connectivity index (χ4v) is 2.45. The summed E-state index contributed by atoms with van der Waals surface area (Å²) < 4.78 is 0. The van der Waals surface area contributed by atoms with E-state index in [2.05, 4.69) is 10.3 Å². The molecule has 0 radical (unpaired) electrons. The number of rotatable bonds is 4. The molecule has 1 saturated carbocycles. The molecule has 0 unspecified atom stereocenters. The number of aromatic nitrogens is 1. The highest BCUT2D eigenvalue weighted by molar-refractivity contribution is 5.98. The Morgan fingerprint density at radius 3 is 2.89 bits per heavy atom. The van der Waals surface area contributed by atoms with Gasteiger partial charge in [-0.15, -0.1) is 0 Å². The summed E-state index contributed by atoms with van der Waals surface area (Å²) in [5.41, 5.74) is 8.28. The molecule has 1 aliphatic carbocycles. The van der Waals surface area contributed by atoms with Gasteiger partial charge in [-0.3, -0.25) is 4.79 Å². The van der Waals surface area contributed by atoms with Crippen LogP contribution < -0.4 is 11.1 Å². The summed E-state index contributed by atoms with van der Waals surface area (Å²) in [6, 6.07) is 7.88. The van der Waals surface area contributed by atoms with Crippen molar-refractivity contribution in [3.8, 4) is 0 Å². The van der Waals surface area contributed by atoms with Crippen LogP contribution in [0.4, 0.5) is 0 Å². The van der Waals surface area contributed by atoms with Gasteiger partial charge < -0.3 is 16.0 Å². The van der Waals surface area contributed by atoms with Crippen molar-refractivity contribution in [2.75, 3.05) is 6.54 Å². The van der Waals surface area contributed by atoms with E-state index in [1.54, 1.807) is 0 Å². The van der Waals surface area contributed by atoms with Crippen LogP contribution in [-0.4, -0.2) is 17.4 Å². The van der Waals surface area contributed by atoms with E-state index in [-0.39, 0.29) is 5.91 Å². The van der Waals surface area contributed by atoms with Gasteiger partial charge in [-0.1, -0.05) is 18.6 Å².